The van der Waals surface area contributed by atoms with Crippen molar-refractivity contribution in [3.8, 4) is 0 Å². The number of halogens is 1. The first kappa shape index (κ1) is 14.9. The van der Waals surface area contributed by atoms with E-state index in [-0.39, 0.29) is 5.38 Å². The zero-order valence-electron chi connectivity index (χ0n) is 12.6. The molecule has 1 aliphatic rings. The Balaban J connectivity index is 1.71. The van der Waals surface area contributed by atoms with Gasteiger partial charge in [-0.3, -0.25) is 0 Å². The lowest BCUT2D eigenvalue weighted by molar-refractivity contribution is 0.0242. The number of rotatable bonds is 5. The van der Waals surface area contributed by atoms with Crippen LogP contribution in [-0.4, -0.2) is 22.3 Å². The van der Waals surface area contributed by atoms with E-state index in [0.717, 1.165) is 30.0 Å². The van der Waals surface area contributed by atoms with Crippen molar-refractivity contribution in [3.05, 3.63) is 30.1 Å². The molecule has 1 atom stereocenters. The highest BCUT2D eigenvalue weighted by Crippen LogP contribution is 2.25. The predicted octanol–water partition coefficient (Wildman–Crippen LogP) is 4.69. The van der Waals surface area contributed by atoms with Crippen molar-refractivity contribution >= 4 is 22.6 Å². The zero-order valence-corrected chi connectivity index (χ0v) is 13.4. The minimum atomic E-state index is -0.0907. The van der Waals surface area contributed by atoms with Crippen LogP contribution in [0.15, 0.2) is 24.3 Å². The Morgan fingerprint density at radius 2 is 2.05 bits per heavy atom. The molecule has 0 amide bonds. The lowest BCUT2D eigenvalue weighted by Crippen LogP contribution is -2.19. The van der Waals surface area contributed by atoms with Crippen molar-refractivity contribution < 1.29 is 4.74 Å². The standard InChI is InChI=1S/C17H23ClN2O/c1-13(18)17-19-15-9-5-6-10-16(15)20(17)11-12-21-14-7-3-2-4-8-14/h5-6,9-10,13-14H,2-4,7-8,11-12H2,1H3. The van der Waals surface area contributed by atoms with E-state index in [1.165, 1.54) is 32.1 Å². The van der Waals surface area contributed by atoms with Gasteiger partial charge in [0.05, 0.1) is 29.1 Å². The maximum absolute atomic E-state index is 6.28. The van der Waals surface area contributed by atoms with Crippen LogP contribution in [0.5, 0.6) is 0 Å². The van der Waals surface area contributed by atoms with E-state index in [1.807, 2.05) is 25.1 Å². The van der Waals surface area contributed by atoms with Gasteiger partial charge in [-0.25, -0.2) is 4.98 Å². The number of imidazole rings is 1. The van der Waals surface area contributed by atoms with Gasteiger partial charge in [0.1, 0.15) is 5.82 Å². The molecule has 0 bridgehead atoms. The Hall–Kier alpha value is -1.06. The van der Waals surface area contributed by atoms with Crippen LogP contribution >= 0.6 is 11.6 Å². The molecule has 1 aliphatic carbocycles. The summed E-state index contributed by atoms with van der Waals surface area (Å²) in [5.74, 6) is 0.935. The van der Waals surface area contributed by atoms with Crippen molar-refractivity contribution in [1.29, 1.82) is 0 Å². The molecule has 0 saturated heterocycles. The van der Waals surface area contributed by atoms with Gasteiger partial charge in [-0.15, -0.1) is 11.6 Å². The zero-order chi connectivity index (χ0) is 14.7. The fraction of sp³-hybridized carbons (Fsp3) is 0.588. The first-order chi connectivity index (χ1) is 10.3. The minimum absolute atomic E-state index is 0.0907. The Labute approximate surface area is 131 Å². The van der Waals surface area contributed by atoms with Gasteiger partial charge in [-0.1, -0.05) is 31.4 Å². The molecule has 0 aliphatic heterocycles. The summed E-state index contributed by atoms with van der Waals surface area (Å²) in [6.45, 7) is 3.53. The minimum Gasteiger partial charge on any atom is -0.376 e. The monoisotopic (exact) mass is 306 g/mol. The summed E-state index contributed by atoms with van der Waals surface area (Å²) < 4.78 is 8.25. The highest BCUT2D eigenvalue weighted by molar-refractivity contribution is 6.20. The molecule has 3 rings (SSSR count). The predicted molar refractivity (Wildman–Crippen MR) is 86.8 cm³/mol. The molecule has 0 radical (unpaired) electrons. The second kappa shape index (κ2) is 6.80. The molecule has 2 aromatic rings. The lowest BCUT2D eigenvalue weighted by Gasteiger charge is -2.22. The van der Waals surface area contributed by atoms with Crippen LogP contribution in [0, 0.1) is 0 Å². The summed E-state index contributed by atoms with van der Waals surface area (Å²) in [5, 5.41) is -0.0907. The topological polar surface area (TPSA) is 27.1 Å². The van der Waals surface area contributed by atoms with Gasteiger partial charge in [-0.2, -0.15) is 0 Å². The normalized spacial score (nSPS) is 18.2. The van der Waals surface area contributed by atoms with Gasteiger partial charge >= 0.3 is 0 Å². The van der Waals surface area contributed by atoms with Gasteiger partial charge < -0.3 is 9.30 Å². The second-order valence-electron chi connectivity index (χ2n) is 5.86. The molecule has 4 heteroatoms. The number of fused-ring (bicyclic) bond motifs is 1. The fourth-order valence-electron chi connectivity index (χ4n) is 3.18. The van der Waals surface area contributed by atoms with E-state index in [1.54, 1.807) is 0 Å². The maximum Gasteiger partial charge on any atom is 0.127 e. The molecular formula is C17H23ClN2O. The second-order valence-corrected chi connectivity index (χ2v) is 6.51. The number of benzene rings is 1. The highest BCUT2D eigenvalue weighted by Gasteiger charge is 2.16. The third-order valence-corrected chi connectivity index (χ3v) is 4.46. The van der Waals surface area contributed by atoms with Crippen molar-refractivity contribution in [3.63, 3.8) is 0 Å². The average molecular weight is 307 g/mol. The third-order valence-electron chi connectivity index (χ3n) is 4.26. The van der Waals surface area contributed by atoms with E-state index in [4.69, 9.17) is 16.3 Å². The van der Waals surface area contributed by atoms with Gasteiger partial charge in [0, 0.05) is 6.54 Å². The van der Waals surface area contributed by atoms with Crippen molar-refractivity contribution in [2.45, 2.75) is 57.1 Å². The fourth-order valence-corrected chi connectivity index (χ4v) is 3.34. The Morgan fingerprint density at radius 3 is 2.81 bits per heavy atom. The molecule has 1 aromatic heterocycles. The van der Waals surface area contributed by atoms with Crippen LogP contribution in [0.2, 0.25) is 0 Å². The number of nitrogens with zero attached hydrogens (tertiary/aromatic N) is 2. The van der Waals surface area contributed by atoms with E-state index >= 15 is 0 Å². The Bertz CT molecular complexity index is 587. The number of hydrogen-bond donors (Lipinski definition) is 0. The molecule has 3 nitrogen and oxygen atoms in total. The lowest BCUT2D eigenvalue weighted by atomic mass is 9.98. The third kappa shape index (κ3) is 3.41. The largest absolute Gasteiger partial charge is 0.376 e. The average Bonchev–Trinajstić information content (AvgIpc) is 2.88. The first-order valence-corrected chi connectivity index (χ1v) is 8.40. The molecule has 1 aromatic carbocycles. The summed E-state index contributed by atoms with van der Waals surface area (Å²) in [6.07, 6.45) is 6.85. The molecule has 1 heterocycles. The molecule has 0 spiro atoms. The van der Waals surface area contributed by atoms with E-state index in [2.05, 4.69) is 15.6 Å². The highest BCUT2D eigenvalue weighted by atomic mass is 35.5. The van der Waals surface area contributed by atoms with Gasteiger partial charge in [0.25, 0.3) is 0 Å². The summed E-state index contributed by atoms with van der Waals surface area (Å²) in [5.41, 5.74) is 2.16. The number of hydrogen-bond acceptors (Lipinski definition) is 2. The molecule has 1 saturated carbocycles. The summed E-state index contributed by atoms with van der Waals surface area (Å²) in [7, 11) is 0. The van der Waals surface area contributed by atoms with Crippen LogP contribution in [0.25, 0.3) is 11.0 Å². The number of alkyl halides is 1. The van der Waals surface area contributed by atoms with Gasteiger partial charge in [-0.05, 0) is 31.9 Å². The number of para-hydroxylation sites is 2. The van der Waals surface area contributed by atoms with Crippen LogP contribution in [0.4, 0.5) is 0 Å². The van der Waals surface area contributed by atoms with Gasteiger partial charge in [0.15, 0.2) is 0 Å². The SMILES string of the molecule is CC(Cl)c1nc2ccccc2n1CCOC1CCCCC1. The van der Waals surface area contributed by atoms with Crippen LogP contribution in [-0.2, 0) is 11.3 Å². The quantitative estimate of drug-likeness (QED) is 0.750. The summed E-state index contributed by atoms with van der Waals surface area (Å²) in [4.78, 5) is 4.65. The summed E-state index contributed by atoms with van der Waals surface area (Å²) in [6, 6.07) is 8.20. The molecular weight excluding hydrogens is 284 g/mol. The van der Waals surface area contributed by atoms with Crippen molar-refractivity contribution in [1.82, 2.24) is 9.55 Å². The summed E-state index contributed by atoms with van der Waals surface area (Å²) >= 11 is 6.28. The smallest absolute Gasteiger partial charge is 0.127 e. The van der Waals surface area contributed by atoms with Gasteiger partial charge in [0.2, 0.25) is 0 Å². The molecule has 1 unspecified atom stereocenters. The molecule has 114 valence electrons. The Kier molecular flexibility index (Phi) is 4.81. The molecule has 21 heavy (non-hydrogen) atoms. The Morgan fingerprint density at radius 1 is 1.29 bits per heavy atom. The van der Waals surface area contributed by atoms with E-state index < -0.39 is 0 Å². The van der Waals surface area contributed by atoms with Crippen LogP contribution in [0.1, 0.15) is 50.2 Å². The first-order valence-electron chi connectivity index (χ1n) is 7.96. The van der Waals surface area contributed by atoms with E-state index in [9.17, 15) is 0 Å². The van der Waals surface area contributed by atoms with Crippen molar-refractivity contribution in [2.75, 3.05) is 6.61 Å². The molecule has 0 N–H and O–H groups in total. The van der Waals surface area contributed by atoms with Crippen LogP contribution < -0.4 is 0 Å². The molecule has 1 fully saturated rings. The van der Waals surface area contributed by atoms with Crippen molar-refractivity contribution in [2.24, 2.45) is 0 Å². The number of aromatic nitrogens is 2. The van der Waals surface area contributed by atoms with E-state index in [0.29, 0.717) is 6.10 Å². The van der Waals surface area contributed by atoms with Crippen LogP contribution in [0.3, 0.4) is 0 Å². The maximum atomic E-state index is 6.28. The number of ether oxygens (including phenoxy) is 1.